The summed E-state index contributed by atoms with van der Waals surface area (Å²) in [4.78, 5) is 56.2. The summed E-state index contributed by atoms with van der Waals surface area (Å²) in [6.45, 7) is 4.24. The Kier molecular flexibility index (Phi) is 8.48. The third-order valence-electron chi connectivity index (χ3n) is 6.69. The number of halogens is 1. The minimum Gasteiger partial charge on any atom is -0.337 e. The third-order valence-corrected chi connectivity index (χ3v) is 7.65. The second-order valence-electron chi connectivity index (χ2n) is 9.13. The van der Waals surface area contributed by atoms with Crippen molar-refractivity contribution in [2.24, 2.45) is 0 Å². The minimum atomic E-state index is -0.672. The number of urea groups is 1. The van der Waals surface area contributed by atoms with Gasteiger partial charge in [0, 0.05) is 36.5 Å². The molecular weight excluding hydrogens is 495 g/mol. The first kappa shape index (κ1) is 26.7. The highest BCUT2D eigenvalue weighted by Gasteiger charge is 2.48. The predicted octanol–water partition coefficient (Wildman–Crippen LogP) is 3.63. The van der Waals surface area contributed by atoms with Crippen LogP contribution in [0.1, 0.15) is 36.2 Å². The third kappa shape index (κ3) is 6.12. The maximum absolute atomic E-state index is 13.7. The number of ketones is 1. The fraction of sp³-hybridized carbons (Fsp3) is 0.407. The van der Waals surface area contributed by atoms with Crippen molar-refractivity contribution >= 4 is 41.1 Å². The van der Waals surface area contributed by atoms with Crippen molar-refractivity contribution < 1.29 is 23.6 Å². The summed E-state index contributed by atoms with van der Waals surface area (Å²) in [7, 11) is 0. The van der Waals surface area contributed by atoms with Gasteiger partial charge in [-0.3, -0.25) is 14.4 Å². The molecule has 2 heterocycles. The normalized spacial score (nSPS) is 19.6. The number of rotatable bonds is 8. The van der Waals surface area contributed by atoms with Gasteiger partial charge in [-0.1, -0.05) is 19.1 Å². The zero-order chi connectivity index (χ0) is 26.5. The lowest BCUT2D eigenvalue weighted by Crippen LogP contribution is -2.72. The molecule has 37 heavy (non-hydrogen) atoms. The average molecular weight is 527 g/mol. The van der Waals surface area contributed by atoms with E-state index in [1.54, 1.807) is 56.8 Å². The number of hydrogen-bond donors (Lipinski definition) is 1. The molecule has 0 aromatic heterocycles. The summed E-state index contributed by atoms with van der Waals surface area (Å²) in [5.74, 6) is 0.548. The second-order valence-corrected chi connectivity index (χ2v) is 10.4. The van der Waals surface area contributed by atoms with Gasteiger partial charge in [0.15, 0.2) is 5.78 Å². The summed E-state index contributed by atoms with van der Waals surface area (Å²) < 4.78 is 13.7. The van der Waals surface area contributed by atoms with Crippen molar-refractivity contribution in [2.75, 3.05) is 36.5 Å². The van der Waals surface area contributed by atoms with Gasteiger partial charge in [-0.05, 0) is 61.1 Å². The van der Waals surface area contributed by atoms with Gasteiger partial charge in [0.25, 0.3) is 0 Å². The smallest absolute Gasteiger partial charge is 0.323 e. The molecule has 4 amide bonds. The first-order valence-electron chi connectivity index (χ1n) is 12.4. The summed E-state index contributed by atoms with van der Waals surface area (Å²) in [5.41, 5.74) is 1.85. The van der Waals surface area contributed by atoms with E-state index in [0.29, 0.717) is 30.0 Å². The van der Waals surface area contributed by atoms with E-state index in [1.165, 1.54) is 19.1 Å². The topological polar surface area (TPSA) is 90.0 Å². The van der Waals surface area contributed by atoms with Crippen LogP contribution < -0.4 is 5.32 Å². The molecule has 0 saturated carbocycles. The number of nitrogens with zero attached hydrogens (tertiary/aromatic N) is 3. The van der Waals surface area contributed by atoms with Crippen LogP contribution in [-0.4, -0.2) is 81.7 Å². The molecule has 1 N–H and O–H groups in total. The summed E-state index contributed by atoms with van der Waals surface area (Å²) in [6.07, 6.45) is -0.00535. The number of Topliss-reactive ketones (excluding diaryl/α,β-unsaturated/α-hetero) is 1. The number of thioether (sulfide) groups is 1. The summed E-state index contributed by atoms with van der Waals surface area (Å²) >= 11 is 1.57. The molecule has 2 aromatic rings. The predicted molar refractivity (Wildman–Crippen MR) is 141 cm³/mol. The van der Waals surface area contributed by atoms with Gasteiger partial charge in [0.2, 0.25) is 11.8 Å². The Labute approximate surface area is 220 Å². The van der Waals surface area contributed by atoms with Gasteiger partial charge in [0.1, 0.15) is 18.0 Å². The van der Waals surface area contributed by atoms with E-state index in [2.05, 4.69) is 5.32 Å². The van der Waals surface area contributed by atoms with Crippen molar-refractivity contribution in [2.45, 2.75) is 38.9 Å². The van der Waals surface area contributed by atoms with Crippen LogP contribution in [0.2, 0.25) is 0 Å². The van der Waals surface area contributed by atoms with E-state index in [-0.39, 0.29) is 49.0 Å². The molecule has 4 rings (SSSR count). The van der Waals surface area contributed by atoms with Gasteiger partial charge in [-0.25, -0.2) is 9.18 Å². The maximum atomic E-state index is 13.7. The SMILES string of the molecule is CCSC[C@@H]1C(=O)N(CCc2cccc(F)c2)C[C@@H]2N(C(=O)Nc3ccc(C(C)=O)cc3)CCC(=O)N12. The Morgan fingerprint density at radius 2 is 1.89 bits per heavy atom. The largest absolute Gasteiger partial charge is 0.337 e. The maximum Gasteiger partial charge on any atom is 0.323 e. The van der Waals surface area contributed by atoms with Crippen molar-refractivity contribution in [1.82, 2.24) is 14.7 Å². The molecule has 2 saturated heterocycles. The average Bonchev–Trinajstić information content (AvgIpc) is 2.87. The molecule has 8 nitrogen and oxygen atoms in total. The summed E-state index contributed by atoms with van der Waals surface area (Å²) in [5, 5.41) is 2.86. The van der Waals surface area contributed by atoms with E-state index < -0.39 is 12.2 Å². The lowest BCUT2D eigenvalue weighted by atomic mass is 10.0. The number of hydrogen-bond acceptors (Lipinski definition) is 5. The number of amides is 4. The molecular formula is C27H31FN4O4S. The van der Waals surface area contributed by atoms with Crippen molar-refractivity contribution in [1.29, 1.82) is 0 Å². The number of piperazine rings is 1. The lowest BCUT2D eigenvalue weighted by molar-refractivity contribution is -0.164. The van der Waals surface area contributed by atoms with E-state index in [1.807, 2.05) is 13.0 Å². The Morgan fingerprint density at radius 1 is 1.14 bits per heavy atom. The molecule has 2 atom stereocenters. The van der Waals surface area contributed by atoms with Crippen LogP contribution in [-0.2, 0) is 16.0 Å². The number of carbonyl (C=O) groups excluding carboxylic acids is 4. The second kappa shape index (κ2) is 11.8. The van der Waals surface area contributed by atoms with Gasteiger partial charge in [-0.2, -0.15) is 11.8 Å². The Morgan fingerprint density at radius 3 is 2.57 bits per heavy atom. The first-order chi connectivity index (χ1) is 17.8. The zero-order valence-corrected chi connectivity index (χ0v) is 21.8. The van der Waals surface area contributed by atoms with Crippen molar-refractivity contribution in [3.8, 4) is 0 Å². The standard InChI is InChI=1S/C27H31FN4O4S/c1-3-37-17-23-26(35)30(13-11-19-5-4-6-21(28)15-19)16-24-31(14-12-25(34)32(23)24)27(36)29-22-9-7-20(8-10-22)18(2)33/h4-10,15,23-24H,3,11-14,16-17H2,1-2H3,(H,29,36)/t23-,24-/m1/s1. The molecule has 2 fully saturated rings. The molecule has 10 heteroatoms. The highest BCUT2D eigenvalue weighted by Crippen LogP contribution is 2.28. The molecule has 2 aliphatic rings. The monoisotopic (exact) mass is 526 g/mol. The van der Waals surface area contributed by atoms with E-state index >= 15 is 0 Å². The molecule has 196 valence electrons. The molecule has 0 spiro atoms. The molecule has 2 aromatic carbocycles. The molecule has 0 unspecified atom stereocenters. The van der Waals surface area contributed by atoms with Crippen LogP contribution in [0.5, 0.6) is 0 Å². The number of carbonyl (C=O) groups is 4. The van der Waals surface area contributed by atoms with Crippen LogP contribution >= 0.6 is 11.8 Å². The minimum absolute atomic E-state index is 0.0655. The van der Waals surface area contributed by atoms with Crippen molar-refractivity contribution in [3.05, 3.63) is 65.5 Å². The van der Waals surface area contributed by atoms with Crippen molar-refractivity contribution in [3.63, 3.8) is 0 Å². The Bertz CT molecular complexity index is 1180. The zero-order valence-electron chi connectivity index (χ0n) is 21.0. The quantitative estimate of drug-likeness (QED) is 0.531. The molecule has 2 aliphatic heterocycles. The summed E-state index contributed by atoms with van der Waals surface area (Å²) in [6, 6.07) is 11.9. The molecule has 0 bridgehead atoms. The number of benzene rings is 2. The molecule has 0 aliphatic carbocycles. The van der Waals surface area contributed by atoms with Crippen LogP contribution in [0.15, 0.2) is 48.5 Å². The van der Waals surface area contributed by atoms with Crippen LogP contribution in [0.25, 0.3) is 0 Å². The first-order valence-corrected chi connectivity index (χ1v) is 13.5. The number of fused-ring (bicyclic) bond motifs is 1. The Hall–Kier alpha value is -3.40. The van der Waals surface area contributed by atoms with Crippen LogP contribution in [0.4, 0.5) is 14.9 Å². The van der Waals surface area contributed by atoms with E-state index in [9.17, 15) is 23.6 Å². The van der Waals surface area contributed by atoms with Gasteiger partial charge < -0.3 is 20.0 Å². The van der Waals surface area contributed by atoms with Gasteiger partial charge in [-0.15, -0.1) is 0 Å². The number of nitrogens with one attached hydrogen (secondary N) is 1. The lowest BCUT2D eigenvalue weighted by Gasteiger charge is -2.52. The van der Waals surface area contributed by atoms with Gasteiger partial charge in [0.05, 0.1) is 6.54 Å². The van der Waals surface area contributed by atoms with Gasteiger partial charge >= 0.3 is 6.03 Å². The van der Waals surface area contributed by atoms with Crippen LogP contribution in [0, 0.1) is 5.82 Å². The highest BCUT2D eigenvalue weighted by molar-refractivity contribution is 7.99. The highest BCUT2D eigenvalue weighted by atomic mass is 32.2. The van der Waals surface area contributed by atoms with E-state index in [4.69, 9.17) is 0 Å². The number of anilines is 1. The van der Waals surface area contributed by atoms with E-state index in [0.717, 1.165) is 11.3 Å². The fourth-order valence-electron chi connectivity index (χ4n) is 4.75. The van der Waals surface area contributed by atoms with Crippen LogP contribution in [0.3, 0.4) is 0 Å². The molecule has 0 radical (unpaired) electrons. The fourth-order valence-corrected chi connectivity index (χ4v) is 5.52. The Balaban J connectivity index is 1.54.